The third-order valence-electron chi connectivity index (χ3n) is 4.51. The van der Waals surface area contributed by atoms with Crippen LogP contribution in [-0.2, 0) is 9.53 Å². The Morgan fingerprint density at radius 3 is 2.77 bits per heavy atom. The molecule has 1 aromatic rings. The van der Waals surface area contributed by atoms with E-state index in [1.807, 2.05) is 12.3 Å². The molecule has 3 rings (SSSR count). The van der Waals surface area contributed by atoms with E-state index in [2.05, 4.69) is 0 Å². The van der Waals surface area contributed by atoms with Gasteiger partial charge in [-0.3, -0.25) is 9.59 Å². The summed E-state index contributed by atoms with van der Waals surface area (Å²) in [6.07, 6.45) is 3.56. The van der Waals surface area contributed by atoms with Gasteiger partial charge in [0.05, 0.1) is 28.7 Å². The van der Waals surface area contributed by atoms with Gasteiger partial charge in [0.2, 0.25) is 0 Å². The van der Waals surface area contributed by atoms with Crippen LogP contribution in [0.2, 0.25) is 0 Å². The van der Waals surface area contributed by atoms with Crippen LogP contribution in [0.25, 0.3) is 0 Å². The molecule has 1 aliphatic carbocycles. The minimum Gasteiger partial charge on any atom is -0.494 e. The minimum atomic E-state index is -1.07. The van der Waals surface area contributed by atoms with E-state index in [1.165, 1.54) is 23.3 Å². The number of hydrogen-bond donors (Lipinski definition) is 1. The first-order valence-electron chi connectivity index (χ1n) is 7.92. The molecule has 5 nitrogen and oxygen atoms in total. The van der Waals surface area contributed by atoms with Crippen molar-refractivity contribution in [2.75, 3.05) is 13.4 Å². The molecule has 0 aromatic carbocycles. The molecular weight excluding hydrogens is 377 g/mol. The Morgan fingerprint density at radius 2 is 2.19 bits per heavy atom. The molecule has 0 saturated heterocycles. The maximum absolute atomic E-state index is 14.9. The number of ether oxygens (including phenoxy) is 1. The first-order chi connectivity index (χ1) is 12.4. The molecule has 1 atom stereocenters. The number of rotatable bonds is 5. The molecule has 1 amide bonds. The maximum Gasteiger partial charge on any atom is 0.307 e. The smallest absolute Gasteiger partial charge is 0.307 e. The van der Waals surface area contributed by atoms with E-state index in [0.717, 1.165) is 4.21 Å². The van der Waals surface area contributed by atoms with Gasteiger partial charge >= 0.3 is 5.97 Å². The zero-order valence-electron chi connectivity index (χ0n) is 14.5. The van der Waals surface area contributed by atoms with Gasteiger partial charge in [0, 0.05) is 11.3 Å². The number of carboxylic acid groups (broad SMARTS) is 1. The number of fused-ring (bicyclic) bond motifs is 1. The molecule has 2 aliphatic rings. The summed E-state index contributed by atoms with van der Waals surface area (Å²) in [5.41, 5.74) is 1.08. The van der Waals surface area contributed by atoms with E-state index in [4.69, 9.17) is 4.74 Å². The highest BCUT2D eigenvalue weighted by Crippen LogP contribution is 2.44. The van der Waals surface area contributed by atoms with Gasteiger partial charge in [-0.25, -0.2) is 4.39 Å². The molecule has 1 unspecified atom stereocenters. The fourth-order valence-corrected chi connectivity index (χ4v) is 4.83. The van der Waals surface area contributed by atoms with Gasteiger partial charge in [-0.15, -0.1) is 23.1 Å². The average Bonchev–Trinajstić information content (AvgIpc) is 3.18. The summed E-state index contributed by atoms with van der Waals surface area (Å²) in [6, 6.07) is 3.08. The molecule has 8 heteroatoms. The second-order valence-electron chi connectivity index (χ2n) is 5.88. The van der Waals surface area contributed by atoms with E-state index in [1.54, 1.807) is 30.8 Å². The van der Waals surface area contributed by atoms with Crippen molar-refractivity contribution in [3.8, 4) is 0 Å². The zero-order valence-corrected chi connectivity index (χ0v) is 16.2. The summed E-state index contributed by atoms with van der Waals surface area (Å²) in [5, 5.41) is 9.24. The molecule has 2 heterocycles. The second kappa shape index (κ2) is 7.28. The zero-order chi connectivity index (χ0) is 19.0. The lowest BCUT2D eigenvalue weighted by Crippen LogP contribution is -2.36. The summed E-state index contributed by atoms with van der Waals surface area (Å²) in [7, 11) is 1.37. The first-order valence-corrected chi connectivity index (χ1v) is 9.96. The molecule has 1 aromatic heterocycles. The summed E-state index contributed by atoms with van der Waals surface area (Å²) >= 11 is 2.92. The molecule has 0 radical (unpaired) electrons. The molecule has 0 saturated carbocycles. The monoisotopic (exact) mass is 395 g/mol. The largest absolute Gasteiger partial charge is 0.494 e. The number of aliphatic carboxylic acids is 1. The summed E-state index contributed by atoms with van der Waals surface area (Å²) < 4.78 is 21.0. The van der Waals surface area contributed by atoms with Crippen molar-refractivity contribution in [2.24, 2.45) is 0 Å². The van der Waals surface area contributed by atoms with Crippen molar-refractivity contribution in [2.45, 2.75) is 30.0 Å². The number of hydrogen-bond acceptors (Lipinski definition) is 5. The highest BCUT2D eigenvalue weighted by atomic mass is 32.2. The molecule has 1 aliphatic heterocycles. The molecule has 26 heavy (non-hydrogen) atoms. The van der Waals surface area contributed by atoms with Gasteiger partial charge in [-0.05, 0) is 43.4 Å². The van der Waals surface area contributed by atoms with Crippen molar-refractivity contribution < 1.29 is 23.8 Å². The van der Waals surface area contributed by atoms with Crippen LogP contribution < -0.4 is 0 Å². The fraction of sp³-hybridized carbons (Fsp3) is 0.333. The fourth-order valence-electron chi connectivity index (χ4n) is 3.35. The maximum atomic E-state index is 14.9. The molecule has 0 fully saturated rings. The van der Waals surface area contributed by atoms with E-state index in [0.29, 0.717) is 22.6 Å². The summed E-state index contributed by atoms with van der Waals surface area (Å²) in [5.74, 6) is -1.81. The Labute approximate surface area is 158 Å². The van der Waals surface area contributed by atoms with Crippen molar-refractivity contribution >= 4 is 35.0 Å². The minimum absolute atomic E-state index is 0.0852. The van der Waals surface area contributed by atoms with Crippen molar-refractivity contribution in [3.63, 3.8) is 0 Å². The summed E-state index contributed by atoms with van der Waals surface area (Å²) in [4.78, 5) is 26.4. The number of thiophene rings is 1. The van der Waals surface area contributed by atoms with Gasteiger partial charge < -0.3 is 14.7 Å². The normalized spacial score (nSPS) is 19.6. The Morgan fingerprint density at radius 1 is 1.46 bits per heavy atom. The Kier molecular flexibility index (Phi) is 5.24. The van der Waals surface area contributed by atoms with Crippen LogP contribution in [-0.4, -0.2) is 41.3 Å². The van der Waals surface area contributed by atoms with E-state index < -0.39 is 17.8 Å². The molecular formula is C18H18FNO4S2. The predicted molar refractivity (Wildman–Crippen MR) is 98.9 cm³/mol. The number of thioether (sulfide) groups is 1. The van der Waals surface area contributed by atoms with Crippen molar-refractivity contribution in [1.82, 2.24) is 4.90 Å². The van der Waals surface area contributed by atoms with E-state index in [-0.39, 0.29) is 23.7 Å². The number of nitrogens with zero attached hydrogens (tertiary/aromatic N) is 1. The standard InChI is InChI=1S/C18H18FNO4S2/c1-9-10(8-14(21)22)16-11(4-5-12(24-2)17(16)19)20(9)18(23)13-6-7-15(25-3)26-13/h5-7,11H,4,8H2,1-3H3,(H,21,22). The van der Waals surface area contributed by atoms with Gasteiger partial charge in [-0.1, -0.05) is 0 Å². The Bertz CT molecular complexity index is 868. The number of carbonyl (C=O) groups excluding carboxylic acids is 1. The van der Waals surface area contributed by atoms with Gasteiger partial charge in [0.15, 0.2) is 11.6 Å². The Balaban J connectivity index is 2.07. The SMILES string of the molecule is COC1=CCC2C(=C1F)C(CC(=O)O)=C(C)N2C(=O)c1ccc(SC)s1. The number of carbonyl (C=O) groups is 2. The number of methoxy groups -OCH3 is 1. The quantitative estimate of drug-likeness (QED) is 0.757. The Hall–Kier alpha value is -2.06. The summed E-state index contributed by atoms with van der Waals surface area (Å²) in [6.45, 7) is 1.67. The third-order valence-corrected chi connectivity index (χ3v) is 6.66. The lowest BCUT2D eigenvalue weighted by molar-refractivity contribution is -0.136. The number of allylic oxidation sites excluding steroid dienone is 2. The highest BCUT2D eigenvalue weighted by Gasteiger charge is 2.43. The third kappa shape index (κ3) is 3.07. The van der Waals surface area contributed by atoms with Crippen LogP contribution in [0.1, 0.15) is 29.4 Å². The van der Waals surface area contributed by atoms with Crippen LogP contribution in [0, 0.1) is 0 Å². The second-order valence-corrected chi connectivity index (χ2v) is 8.07. The van der Waals surface area contributed by atoms with E-state index in [9.17, 15) is 19.1 Å². The molecule has 1 N–H and O–H groups in total. The lowest BCUT2D eigenvalue weighted by atomic mass is 9.92. The number of halogens is 1. The van der Waals surface area contributed by atoms with Crippen LogP contribution in [0.5, 0.6) is 0 Å². The highest BCUT2D eigenvalue weighted by molar-refractivity contribution is 8.00. The van der Waals surface area contributed by atoms with Crippen molar-refractivity contribution in [3.05, 3.63) is 51.5 Å². The topological polar surface area (TPSA) is 66.8 Å². The molecule has 0 bridgehead atoms. The number of amides is 1. The molecule has 138 valence electrons. The van der Waals surface area contributed by atoms with Crippen LogP contribution >= 0.6 is 23.1 Å². The van der Waals surface area contributed by atoms with Crippen molar-refractivity contribution in [1.29, 1.82) is 0 Å². The lowest BCUT2D eigenvalue weighted by Gasteiger charge is -2.28. The van der Waals surface area contributed by atoms with Crippen LogP contribution in [0.3, 0.4) is 0 Å². The first kappa shape index (κ1) is 18.7. The predicted octanol–water partition coefficient (Wildman–Crippen LogP) is 4.20. The number of carboxylic acids is 1. The van der Waals surface area contributed by atoms with Crippen LogP contribution in [0.4, 0.5) is 4.39 Å². The van der Waals surface area contributed by atoms with Gasteiger partial charge in [0.1, 0.15) is 0 Å². The van der Waals surface area contributed by atoms with Gasteiger partial charge in [-0.2, -0.15) is 0 Å². The van der Waals surface area contributed by atoms with Gasteiger partial charge in [0.25, 0.3) is 5.91 Å². The van der Waals surface area contributed by atoms with Crippen LogP contribution in [0.15, 0.2) is 50.8 Å². The molecule has 0 spiro atoms. The average molecular weight is 395 g/mol. The van der Waals surface area contributed by atoms with E-state index >= 15 is 0 Å².